The van der Waals surface area contributed by atoms with E-state index in [1.54, 1.807) is 36.4 Å². The average Bonchev–Trinajstić information content (AvgIpc) is 3.13. The zero-order valence-electron chi connectivity index (χ0n) is 18.1. The third-order valence-electron chi connectivity index (χ3n) is 5.57. The number of sulfonamides is 1. The fraction of sp³-hybridized carbons (Fsp3) is 0.217. The number of nitrogens with zero attached hydrogens (tertiary/aromatic N) is 2. The van der Waals surface area contributed by atoms with E-state index in [0.717, 1.165) is 0 Å². The van der Waals surface area contributed by atoms with Crippen molar-refractivity contribution in [1.29, 1.82) is 0 Å². The summed E-state index contributed by atoms with van der Waals surface area (Å²) in [4.78, 5) is 22.5. The molecule has 0 spiro atoms. The van der Waals surface area contributed by atoms with Gasteiger partial charge in [0.05, 0.1) is 21.4 Å². The number of hydrogen-bond donors (Lipinski definition) is 1. The molecule has 0 saturated carbocycles. The number of nitro groups is 1. The molecule has 11 heteroatoms. The van der Waals surface area contributed by atoms with E-state index in [4.69, 9.17) is 9.47 Å². The molecule has 2 unspecified atom stereocenters. The monoisotopic (exact) mass is 483 g/mol. The van der Waals surface area contributed by atoms with Gasteiger partial charge in [-0.15, -0.1) is 0 Å². The van der Waals surface area contributed by atoms with Crippen molar-refractivity contribution < 1.29 is 27.6 Å². The third kappa shape index (κ3) is 4.28. The van der Waals surface area contributed by atoms with Crippen LogP contribution >= 0.6 is 0 Å². The van der Waals surface area contributed by atoms with Crippen LogP contribution in [-0.2, 0) is 19.5 Å². The molecule has 2 atom stereocenters. The van der Waals surface area contributed by atoms with Gasteiger partial charge < -0.3 is 14.8 Å². The maximum absolute atomic E-state index is 12.6. The zero-order valence-corrected chi connectivity index (χ0v) is 18.9. The summed E-state index contributed by atoms with van der Waals surface area (Å²) in [5.41, 5.74) is -0.382. The molecule has 0 fully saturated rings. The van der Waals surface area contributed by atoms with Crippen LogP contribution < -0.4 is 5.32 Å². The van der Waals surface area contributed by atoms with Gasteiger partial charge in [-0.3, -0.25) is 10.1 Å². The molecule has 0 amide bonds. The summed E-state index contributed by atoms with van der Waals surface area (Å²) in [5, 5.41) is 14.0. The predicted octanol–water partition coefficient (Wildman–Crippen LogP) is 2.41. The molecule has 176 valence electrons. The van der Waals surface area contributed by atoms with Gasteiger partial charge in [-0.05, 0) is 24.3 Å². The van der Waals surface area contributed by atoms with Gasteiger partial charge in [-0.25, -0.2) is 4.79 Å². The van der Waals surface area contributed by atoms with E-state index < -0.39 is 32.6 Å². The lowest BCUT2D eigenvalue weighted by molar-refractivity contribution is -0.384. The van der Waals surface area contributed by atoms with Crippen LogP contribution in [0.15, 0.2) is 82.1 Å². The van der Waals surface area contributed by atoms with Crippen molar-refractivity contribution in [3.63, 3.8) is 0 Å². The lowest BCUT2D eigenvalue weighted by Gasteiger charge is -2.38. The Morgan fingerprint density at radius 3 is 2.62 bits per heavy atom. The number of fused-ring (bicyclic) bond motifs is 1. The van der Waals surface area contributed by atoms with E-state index in [-0.39, 0.29) is 35.0 Å². The number of allylic oxidation sites excluding steroid dienone is 2. The minimum Gasteiger partial charge on any atom is -0.461 e. The van der Waals surface area contributed by atoms with E-state index in [2.05, 4.69) is 9.71 Å². The first-order valence-corrected chi connectivity index (χ1v) is 11.7. The Kier molecular flexibility index (Phi) is 6.42. The first-order chi connectivity index (χ1) is 16.3. The maximum atomic E-state index is 12.6. The Morgan fingerprint density at radius 2 is 1.91 bits per heavy atom. The van der Waals surface area contributed by atoms with Crippen molar-refractivity contribution in [3.8, 4) is 0 Å². The van der Waals surface area contributed by atoms with E-state index in [1.807, 2.05) is 6.08 Å². The van der Waals surface area contributed by atoms with Crippen LogP contribution in [0.4, 0.5) is 5.69 Å². The van der Waals surface area contributed by atoms with Gasteiger partial charge in [0.25, 0.3) is 15.7 Å². The quantitative estimate of drug-likeness (QED) is 0.262. The molecule has 34 heavy (non-hydrogen) atoms. The van der Waals surface area contributed by atoms with Gasteiger partial charge in [0.15, 0.2) is 0 Å². The van der Waals surface area contributed by atoms with Crippen LogP contribution in [0.25, 0.3) is 0 Å². The molecule has 2 aliphatic rings. The highest BCUT2D eigenvalue weighted by molar-refractivity contribution is 7.90. The van der Waals surface area contributed by atoms with Gasteiger partial charge in [0.2, 0.25) is 0 Å². The molecule has 2 aromatic rings. The molecule has 0 aromatic heterocycles. The number of nitro benzene ring substituents is 1. The van der Waals surface area contributed by atoms with Crippen molar-refractivity contribution in [2.24, 2.45) is 4.40 Å². The molecule has 1 heterocycles. The standard InChI is InChI=1S/C23H21N3O7S/c1-32-23(21-18-6-2-3-7-19(18)34(30,31)25-21)13-5-4-8-20(23)24-14-15-33-22(27)16-9-11-17(12-10-16)26(28)29/h2-13,20,24H,14-15H2,1H3. The number of hydrogen-bond acceptors (Lipinski definition) is 8. The molecular weight excluding hydrogens is 462 g/mol. The van der Waals surface area contributed by atoms with E-state index in [9.17, 15) is 23.3 Å². The smallest absolute Gasteiger partial charge is 0.338 e. The van der Waals surface area contributed by atoms with Gasteiger partial charge in [-0.1, -0.05) is 36.4 Å². The minimum atomic E-state index is -3.84. The average molecular weight is 484 g/mol. The summed E-state index contributed by atoms with van der Waals surface area (Å²) in [5.74, 6) is -0.617. The Morgan fingerprint density at radius 1 is 1.18 bits per heavy atom. The highest BCUT2D eigenvalue weighted by Crippen LogP contribution is 2.36. The molecule has 0 radical (unpaired) electrons. The van der Waals surface area contributed by atoms with Gasteiger partial charge in [0, 0.05) is 31.4 Å². The van der Waals surface area contributed by atoms with Gasteiger partial charge >= 0.3 is 5.97 Å². The molecule has 1 aliphatic carbocycles. The second-order valence-electron chi connectivity index (χ2n) is 7.52. The van der Waals surface area contributed by atoms with Gasteiger partial charge in [-0.2, -0.15) is 12.8 Å². The Balaban J connectivity index is 1.46. The number of carbonyl (C=O) groups is 1. The number of benzene rings is 2. The van der Waals surface area contributed by atoms with Crippen LogP contribution in [0.1, 0.15) is 15.9 Å². The summed E-state index contributed by atoms with van der Waals surface area (Å²) in [6, 6.07) is 11.2. The summed E-state index contributed by atoms with van der Waals surface area (Å²) in [7, 11) is -2.37. The first kappa shape index (κ1) is 23.5. The zero-order chi connectivity index (χ0) is 24.3. The Hall–Kier alpha value is -3.67. The number of nitrogens with one attached hydrogen (secondary N) is 1. The fourth-order valence-electron chi connectivity index (χ4n) is 3.91. The number of carbonyl (C=O) groups excluding carboxylic acids is 1. The Labute approximate surface area is 195 Å². The largest absolute Gasteiger partial charge is 0.461 e. The number of ether oxygens (including phenoxy) is 2. The van der Waals surface area contributed by atoms with Crippen molar-refractivity contribution >= 4 is 27.4 Å². The summed E-state index contributed by atoms with van der Waals surface area (Å²) in [6.45, 7) is 0.236. The fourth-order valence-corrected chi connectivity index (χ4v) is 5.18. The number of non-ortho nitro benzene ring substituents is 1. The van der Waals surface area contributed by atoms with Gasteiger partial charge in [0.1, 0.15) is 17.9 Å². The van der Waals surface area contributed by atoms with Crippen molar-refractivity contribution in [2.45, 2.75) is 16.5 Å². The summed E-state index contributed by atoms with van der Waals surface area (Å²) >= 11 is 0. The minimum absolute atomic E-state index is 0.00499. The number of methoxy groups -OCH3 is 1. The van der Waals surface area contributed by atoms with Crippen molar-refractivity contribution in [1.82, 2.24) is 5.32 Å². The molecule has 1 N–H and O–H groups in total. The lowest BCUT2D eigenvalue weighted by atomic mass is 9.82. The SMILES string of the molecule is COC1(C2=NS(=O)(=O)c3ccccc32)C=CC=CC1NCCOC(=O)c1ccc([N+](=O)[O-])cc1. The first-order valence-electron chi connectivity index (χ1n) is 10.3. The van der Waals surface area contributed by atoms with Crippen LogP contribution in [0.3, 0.4) is 0 Å². The number of rotatable bonds is 8. The molecule has 1 aliphatic heterocycles. The molecule has 10 nitrogen and oxygen atoms in total. The van der Waals surface area contributed by atoms with E-state index in [1.165, 1.54) is 37.4 Å². The molecular formula is C23H21N3O7S. The second kappa shape index (κ2) is 9.29. The second-order valence-corrected chi connectivity index (χ2v) is 9.10. The Bertz CT molecular complexity index is 1320. The predicted molar refractivity (Wildman–Crippen MR) is 123 cm³/mol. The summed E-state index contributed by atoms with van der Waals surface area (Å²) in [6.07, 6.45) is 7.11. The topological polar surface area (TPSA) is 137 Å². The molecule has 0 saturated heterocycles. The number of esters is 1. The lowest BCUT2D eigenvalue weighted by Crippen LogP contribution is -2.56. The maximum Gasteiger partial charge on any atom is 0.338 e. The highest BCUT2D eigenvalue weighted by atomic mass is 32.2. The van der Waals surface area contributed by atoms with Crippen LogP contribution in [0.2, 0.25) is 0 Å². The highest BCUT2D eigenvalue weighted by Gasteiger charge is 2.47. The third-order valence-corrected chi connectivity index (χ3v) is 6.91. The molecule has 0 bridgehead atoms. The summed E-state index contributed by atoms with van der Waals surface area (Å²) < 4.78 is 40.3. The van der Waals surface area contributed by atoms with Crippen LogP contribution in [0, 0.1) is 10.1 Å². The van der Waals surface area contributed by atoms with Crippen LogP contribution in [-0.4, -0.2) is 56.9 Å². The van der Waals surface area contributed by atoms with E-state index >= 15 is 0 Å². The van der Waals surface area contributed by atoms with Crippen LogP contribution in [0.5, 0.6) is 0 Å². The van der Waals surface area contributed by atoms with Crippen molar-refractivity contribution in [2.75, 3.05) is 20.3 Å². The van der Waals surface area contributed by atoms with E-state index in [0.29, 0.717) is 5.56 Å². The normalized spacial score (nSPS) is 22.1. The molecule has 2 aromatic carbocycles. The van der Waals surface area contributed by atoms with Crippen molar-refractivity contribution in [3.05, 3.63) is 94.1 Å². The molecule has 4 rings (SSSR count).